The Kier molecular flexibility index (Phi) is 3.29. The van der Waals surface area contributed by atoms with Crippen molar-refractivity contribution in [1.29, 1.82) is 0 Å². The SMILES string of the molecule is COc1cc(C)c(-c2ncncc2Cl)cc1C. The second-order valence-electron chi connectivity index (χ2n) is 3.86. The van der Waals surface area contributed by atoms with E-state index in [0.29, 0.717) is 5.02 Å². The Hall–Kier alpha value is -1.61. The van der Waals surface area contributed by atoms with E-state index in [4.69, 9.17) is 16.3 Å². The Morgan fingerprint density at radius 3 is 2.59 bits per heavy atom. The van der Waals surface area contributed by atoms with Gasteiger partial charge in [-0.15, -0.1) is 0 Å². The molecule has 0 aliphatic carbocycles. The molecule has 0 atom stereocenters. The van der Waals surface area contributed by atoms with E-state index in [1.165, 1.54) is 6.33 Å². The minimum Gasteiger partial charge on any atom is -0.496 e. The molecule has 4 heteroatoms. The average Bonchev–Trinajstić information content (AvgIpc) is 2.32. The highest BCUT2D eigenvalue weighted by Crippen LogP contribution is 2.32. The van der Waals surface area contributed by atoms with Crippen molar-refractivity contribution in [2.75, 3.05) is 7.11 Å². The molecule has 0 aliphatic rings. The number of rotatable bonds is 2. The molecule has 88 valence electrons. The standard InChI is InChI=1S/C13H13ClN2O/c1-8-5-12(17-3)9(2)4-10(8)13-11(14)6-15-7-16-13/h4-7H,1-3H3. The van der Waals surface area contributed by atoms with Crippen molar-refractivity contribution >= 4 is 11.6 Å². The first-order valence-corrected chi connectivity index (χ1v) is 5.62. The number of halogens is 1. The van der Waals surface area contributed by atoms with Crippen LogP contribution in [0.1, 0.15) is 11.1 Å². The van der Waals surface area contributed by atoms with Gasteiger partial charge in [0.05, 0.1) is 17.8 Å². The van der Waals surface area contributed by atoms with Crippen LogP contribution in [0.25, 0.3) is 11.3 Å². The number of methoxy groups -OCH3 is 1. The maximum absolute atomic E-state index is 6.10. The van der Waals surface area contributed by atoms with Gasteiger partial charge >= 0.3 is 0 Å². The van der Waals surface area contributed by atoms with Gasteiger partial charge < -0.3 is 4.74 Å². The van der Waals surface area contributed by atoms with Crippen molar-refractivity contribution in [2.24, 2.45) is 0 Å². The number of nitrogens with zero attached hydrogens (tertiary/aromatic N) is 2. The minimum absolute atomic E-state index is 0.556. The molecule has 3 nitrogen and oxygen atoms in total. The summed E-state index contributed by atoms with van der Waals surface area (Å²) in [6.07, 6.45) is 3.10. The first-order chi connectivity index (χ1) is 8.13. The van der Waals surface area contributed by atoms with Crippen LogP contribution in [-0.2, 0) is 0 Å². The van der Waals surface area contributed by atoms with Gasteiger partial charge in [-0.1, -0.05) is 11.6 Å². The maximum Gasteiger partial charge on any atom is 0.122 e. The van der Waals surface area contributed by atoms with Gasteiger partial charge in [-0.05, 0) is 37.1 Å². The fraction of sp³-hybridized carbons (Fsp3) is 0.231. The monoisotopic (exact) mass is 248 g/mol. The lowest BCUT2D eigenvalue weighted by Gasteiger charge is -2.11. The molecule has 17 heavy (non-hydrogen) atoms. The van der Waals surface area contributed by atoms with Gasteiger partial charge in [0.1, 0.15) is 12.1 Å². The Morgan fingerprint density at radius 1 is 1.18 bits per heavy atom. The van der Waals surface area contributed by atoms with Gasteiger partial charge in [-0.3, -0.25) is 0 Å². The van der Waals surface area contributed by atoms with Crippen molar-refractivity contribution in [2.45, 2.75) is 13.8 Å². The van der Waals surface area contributed by atoms with Crippen molar-refractivity contribution < 1.29 is 4.74 Å². The molecule has 0 saturated heterocycles. The minimum atomic E-state index is 0.556. The zero-order chi connectivity index (χ0) is 12.4. The Labute approximate surface area is 105 Å². The second-order valence-corrected chi connectivity index (χ2v) is 4.26. The summed E-state index contributed by atoms with van der Waals surface area (Å²) < 4.78 is 5.28. The number of hydrogen-bond donors (Lipinski definition) is 0. The lowest BCUT2D eigenvalue weighted by molar-refractivity contribution is 0.411. The van der Waals surface area contributed by atoms with E-state index >= 15 is 0 Å². The number of hydrogen-bond acceptors (Lipinski definition) is 3. The maximum atomic E-state index is 6.10. The van der Waals surface area contributed by atoms with E-state index in [1.807, 2.05) is 26.0 Å². The Morgan fingerprint density at radius 2 is 1.94 bits per heavy atom. The lowest BCUT2D eigenvalue weighted by Crippen LogP contribution is -1.94. The summed E-state index contributed by atoms with van der Waals surface area (Å²) in [6, 6.07) is 4.02. The second kappa shape index (κ2) is 4.72. The first kappa shape index (κ1) is 11.9. The molecule has 1 heterocycles. The topological polar surface area (TPSA) is 35.0 Å². The summed E-state index contributed by atoms with van der Waals surface area (Å²) in [7, 11) is 1.67. The molecule has 0 bridgehead atoms. The summed E-state index contributed by atoms with van der Waals surface area (Å²) in [6.45, 7) is 4.01. The van der Waals surface area contributed by atoms with Crippen molar-refractivity contribution in [3.63, 3.8) is 0 Å². The zero-order valence-corrected chi connectivity index (χ0v) is 10.7. The molecule has 1 aromatic carbocycles. The van der Waals surface area contributed by atoms with E-state index in [2.05, 4.69) is 9.97 Å². The van der Waals surface area contributed by atoms with E-state index in [-0.39, 0.29) is 0 Å². The number of benzene rings is 1. The van der Waals surface area contributed by atoms with Gasteiger partial charge in [0.2, 0.25) is 0 Å². The molecule has 0 amide bonds. The third-order valence-electron chi connectivity index (χ3n) is 2.66. The zero-order valence-electron chi connectivity index (χ0n) is 9.99. The molecule has 0 fully saturated rings. The molecule has 0 saturated carbocycles. The smallest absolute Gasteiger partial charge is 0.122 e. The average molecular weight is 249 g/mol. The molecule has 0 aliphatic heterocycles. The predicted octanol–water partition coefficient (Wildman–Crippen LogP) is 3.42. The van der Waals surface area contributed by atoms with Crippen LogP contribution < -0.4 is 4.74 Å². The quantitative estimate of drug-likeness (QED) is 0.817. The molecule has 0 unspecified atom stereocenters. The van der Waals surface area contributed by atoms with Gasteiger partial charge in [0, 0.05) is 11.8 Å². The summed E-state index contributed by atoms with van der Waals surface area (Å²) in [5.74, 6) is 0.872. The van der Waals surface area contributed by atoms with E-state index in [1.54, 1.807) is 13.3 Å². The summed E-state index contributed by atoms with van der Waals surface area (Å²) in [5.41, 5.74) is 3.90. The van der Waals surface area contributed by atoms with Crippen molar-refractivity contribution in [1.82, 2.24) is 9.97 Å². The van der Waals surface area contributed by atoms with Crippen LogP contribution in [0, 0.1) is 13.8 Å². The number of ether oxygens (including phenoxy) is 1. The lowest BCUT2D eigenvalue weighted by atomic mass is 10.0. The third kappa shape index (κ3) is 2.24. The van der Waals surface area contributed by atoms with Gasteiger partial charge in [-0.25, -0.2) is 9.97 Å². The van der Waals surface area contributed by atoms with E-state index < -0.39 is 0 Å². The first-order valence-electron chi connectivity index (χ1n) is 5.24. The summed E-state index contributed by atoms with van der Waals surface area (Å²) in [5, 5.41) is 0.556. The van der Waals surface area contributed by atoms with Crippen LogP contribution in [-0.4, -0.2) is 17.1 Å². The van der Waals surface area contributed by atoms with Crippen molar-refractivity contribution in [3.05, 3.63) is 40.8 Å². The van der Waals surface area contributed by atoms with Gasteiger partial charge in [0.25, 0.3) is 0 Å². The highest BCUT2D eigenvalue weighted by atomic mass is 35.5. The van der Waals surface area contributed by atoms with Crippen LogP contribution in [0.5, 0.6) is 5.75 Å². The third-order valence-corrected chi connectivity index (χ3v) is 2.94. The summed E-state index contributed by atoms with van der Waals surface area (Å²) in [4.78, 5) is 8.11. The number of aryl methyl sites for hydroxylation is 2. The Bertz CT molecular complexity index is 555. The van der Waals surface area contributed by atoms with Gasteiger partial charge in [0.15, 0.2) is 0 Å². The van der Waals surface area contributed by atoms with Crippen molar-refractivity contribution in [3.8, 4) is 17.0 Å². The van der Waals surface area contributed by atoms with Gasteiger partial charge in [-0.2, -0.15) is 0 Å². The predicted molar refractivity (Wildman–Crippen MR) is 68.5 cm³/mol. The molecule has 0 spiro atoms. The number of aromatic nitrogens is 2. The molecular weight excluding hydrogens is 236 g/mol. The van der Waals surface area contributed by atoms with Crippen LogP contribution >= 0.6 is 11.6 Å². The van der Waals surface area contributed by atoms with Crippen LogP contribution in [0.2, 0.25) is 5.02 Å². The molecule has 2 aromatic rings. The van der Waals surface area contributed by atoms with Crippen LogP contribution in [0.3, 0.4) is 0 Å². The van der Waals surface area contributed by atoms with E-state index in [0.717, 1.165) is 28.1 Å². The van der Waals surface area contributed by atoms with E-state index in [9.17, 15) is 0 Å². The highest BCUT2D eigenvalue weighted by Gasteiger charge is 2.10. The molecule has 1 aromatic heterocycles. The van der Waals surface area contributed by atoms with Crippen LogP contribution in [0.4, 0.5) is 0 Å². The fourth-order valence-electron chi connectivity index (χ4n) is 1.78. The Balaban J connectivity index is 2.61. The molecule has 0 radical (unpaired) electrons. The normalized spacial score (nSPS) is 10.4. The highest BCUT2D eigenvalue weighted by molar-refractivity contribution is 6.32. The molecular formula is C13H13ClN2O. The molecule has 0 N–H and O–H groups in total. The fourth-order valence-corrected chi connectivity index (χ4v) is 1.98. The largest absolute Gasteiger partial charge is 0.496 e. The van der Waals surface area contributed by atoms with Crippen LogP contribution in [0.15, 0.2) is 24.7 Å². The summed E-state index contributed by atoms with van der Waals surface area (Å²) >= 11 is 6.10. The molecule has 2 rings (SSSR count).